The van der Waals surface area contributed by atoms with Gasteiger partial charge in [0.25, 0.3) is 0 Å². The molecule has 0 aromatic carbocycles. The van der Waals surface area contributed by atoms with E-state index in [-0.39, 0.29) is 0 Å². The maximum atomic E-state index is 5.83. The van der Waals surface area contributed by atoms with Crippen molar-refractivity contribution in [2.45, 2.75) is 45.1 Å². The van der Waals surface area contributed by atoms with Crippen LogP contribution in [0.1, 0.15) is 37.9 Å². The second-order valence-electron chi connectivity index (χ2n) is 4.78. The number of rotatable bonds is 5. The summed E-state index contributed by atoms with van der Waals surface area (Å²) in [7, 11) is 0. The van der Waals surface area contributed by atoms with E-state index in [1.165, 1.54) is 32.1 Å². The first-order valence-electron chi connectivity index (χ1n) is 6.70. The lowest BCUT2D eigenvalue weighted by molar-refractivity contribution is 0.0347. The predicted octanol–water partition coefficient (Wildman–Crippen LogP) is 2.13. The summed E-state index contributed by atoms with van der Waals surface area (Å²) in [5, 5.41) is 3.21. The molecule has 2 rings (SSSR count). The Morgan fingerprint density at radius 3 is 2.83 bits per heavy atom. The van der Waals surface area contributed by atoms with Gasteiger partial charge in [0.05, 0.1) is 12.7 Å². The van der Waals surface area contributed by atoms with E-state index < -0.39 is 0 Å². The van der Waals surface area contributed by atoms with Crippen LogP contribution in [0.2, 0.25) is 0 Å². The number of hydrogen-bond acceptors (Lipinski definition) is 5. The molecule has 0 saturated heterocycles. The van der Waals surface area contributed by atoms with E-state index in [0.717, 1.165) is 12.4 Å². The highest BCUT2D eigenvalue weighted by Crippen LogP contribution is 2.20. The number of nitrogens with one attached hydrogen (secondary N) is 1. The number of aryl methyl sites for hydroxylation is 1. The van der Waals surface area contributed by atoms with Gasteiger partial charge in [0.15, 0.2) is 0 Å². The van der Waals surface area contributed by atoms with Crippen molar-refractivity contribution < 1.29 is 4.74 Å². The largest absolute Gasteiger partial charge is 0.384 e. The molecule has 0 atom stereocenters. The molecule has 5 nitrogen and oxygen atoms in total. The molecule has 0 amide bonds. The van der Waals surface area contributed by atoms with Gasteiger partial charge < -0.3 is 15.8 Å². The van der Waals surface area contributed by atoms with E-state index in [0.29, 0.717) is 24.4 Å². The number of ether oxygens (including phenoxy) is 1. The summed E-state index contributed by atoms with van der Waals surface area (Å²) in [5.41, 5.74) is 5.66. The van der Waals surface area contributed by atoms with Gasteiger partial charge in [-0.3, -0.25) is 0 Å². The highest BCUT2D eigenvalue weighted by molar-refractivity contribution is 5.44. The number of anilines is 2. The number of hydrogen-bond donors (Lipinski definition) is 2. The highest BCUT2D eigenvalue weighted by atomic mass is 16.5. The van der Waals surface area contributed by atoms with E-state index in [2.05, 4.69) is 15.3 Å². The molecular formula is C13H22N4O. The molecule has 3 N–H and O–H groups in total. The molecule has 0 spiro atoms. The predicted molar refractivity (Wildman–Crippen MR) is 72.5 cm³/mol. The third-order valence-electron chi connectivity index (χ3n) is 3.17. The van der Waals surface area contributed by atoms with E-state index in [1.807, 2.05) is 6.92 Å². The maximum absolute atomic E-state index is 5.83. The van der Waals surface area contributed by atoms with Crippen LogP contribution in [0.5, 0.6) is 0 Å². The third kappa shape index (κ3) is 4.14. The van der Waals surface area contributed by atoms with Gasteiger partial charge in [-0.05, 0) is 19.8 Å². The average Bonchev–Trinajstić information content (AvgIpc) is 2.35. The Bertz CT molecular complexity index is 357. The van der Waals surface area contributed by atoms with Gasteiger partial charge in [-0.15, -0.1) is 0 Å². The second-order valence-corrected chi connectivity index (χ2v) is 4.78. The molecule has 0 aliphatic heterocycles. The molecule has 1 aliphatic carbocycles. The van der Waals surface area contributed by atoms with Crippen LogP contribution in [-0.2, 0) is 4.74 Å². The lowest BCUT2D eigenvalue weighted by Gasteiger charge is -2.22. The molecule has 0 unspecified atom stereocenters. The first-order chi connectivity index (χ1) is 8.74. The summed E-state index contributed by atoms with van der Waals surface area (Å²) in [4.78, 5) is 8.29. The number of nitrogen functional groups attached to an aromatic ring is 1. The first-order valence-corrected chi connectivity index (χ1v) is 6.70. The normalized spacial score (nSPS) is 16.7. The Balaban J connectivity index is 1.68. The molecule has 1 aromatic rings. The number of nitrogens with zero attached hydrogens (tertiary/aromatic N) is 2. The Kier molecular flexibility index (Phi) is 4.75. The second kappa shape index (κ2) is 6.54. The van der Waals surface area contributed by atoms with Crippen LogP contribution in [0.4, 0.5) is 11.6 Å². The number of aromatic nitrogens is 2. The molecule has 0 bridgehead atoms. The fourth-order valence-electron chi connectivity index (χ4n) is 2.32. The third-order valence-corrected chi connectivity index (χ3v) is 3.17. The molecule has 1 fully saturated rings. The number of nitrogens with two attached hydrogens (primary N) is 1. The SMILES string of the molecule is Cc1nc(N)cc(NCCOC2CCCCC2)n1. The summed E-state index contributed by atoms with van der Waals surface area (Å²) in [6.45, 7) is 3.31. The Morgan fingerprint density at radius 2 is 2.11 bits per heavy atom. The Hall–Kier alpha value is -1.36. The molecule has 0 radical (unpaired) electrons. The zero-order valence-corrected chi connectivity index (χ0v) is 11.0. The van der Waals surface area contributed by atoms with Crippen LogP contribution in [0, 0.1) is 6.92 Å². The minimum atomic E-state index is 0.456. The Labute approximate surface area is 108 Å². The first kappa shape index (κ1) is 13.1. The smallest absolute Gasteiger partial charge is 0.131 e. The maximum Gasteiger partial charge on any atom is 0.131 e. The lowest BCUT2D eigenvalue weighted by Crippen LogP contribution is -2.20. The van der Waals surface area contributed by atoms with E-state index >= 15 is 0 Å². The average molecular weight is 250 g/mol. The van der Waals surface area contributed by atoms with Gasteiger partial charge in [0, 0.05) is 12.6 Å². The minimum Gasteiger partial charge on any atom is -0.384 e. The molecule has 1 heterocycles. The molecule has 1 aromatic heterocycles. The van der Waals surface area contributed by atoms with E-state index in [1.54, 1.807) is 6.07 Å². The molecule has 1 saturated carbocycles. The standard InChI is InChI=1S/C13H22N4O/c1-10-16-12(14)9-13(17-10)15-7-8-18-11-5-3-2-4-6-11/h9,11H,2-8H2,1H3,(H3,14,15,16,17). The summed E-state index contributed by atoms with van der Waals surface area (Å²) in [6, 6.07) is 1.74. The topological polar surface area (TPSA) is 73.1 Å². The summed E-state index contributed by atoms with van der Waals surface area (Å²) >= 11 is 0. The van der Waals surface area contributed by atoms with Gasteiger partial charge in [-0.25, -0.2) is 9.97 Å². The van der Waals surface area contributed by atoms with Crippen molar-refractivity contribution in [2.24, 2.45) is 0 Å². The van der Waals surface area contributed by atoms with Gasteiger partial charge in [-0.2, -0.15) is 0 Å². The van der Waals surface area contributed by atoms with Crippen LogP contribution in [-0.4, -0.2) is 29.2 Å². The zero-order valence-electron chi connectivity index (χ0n) is 11.0. The van der Waals surface area contributed by atoms with Crippen LogP contribution in [0.15, 0.2) is 6.07 Å². The van der Waals surface area contributed by atoms with Crippen molar-refractivity contribution in [3.8, 4) is 0 Å². The fourth-order valence-corrected chi connectivity index (χ4v) is 2.32. The highest BCUT2D eigenvalue weighted by Gasteiger charge is 2.12. The quantitative estimate of drug-likeness (QED) is 0.783. The van der Waals surface area contributed by atoms with Crippen LogP contribution < -0.4 is 11.1 Å². The molecular weight excluding hydrogens is 228 g/mol. The van der Waals surface area contributed by atoms with Crippen molar-refractivity contribution in [1.29, 1.82) is 0 Å². The molecule has 100 valence electrons. The van der Waals surface area contributed by atoms with Crippen molar-refractivity contribution in [2.75, 3.05) is 24.2 Å². The van der Waals surface area contributed by atoms with Crippen LogP contribution >= 0.6 is 0 Å². The summed E-state index contributed by atoms with van der Waals surface area (Å²) < 4.78 is 5.83. The van der Waals surface area contributed by atoms with E-state index in [4.69, 9.17) is 10.5 Å². The molecule has 18 heavy (non-hydrogen) atoms. The fraction of sp³-hybridized carbons (Fsp3) is 0.692. The van der Waals surface area contributed by atoms with Gasteiger partial charge in [0.2, 0.25) is 0 Å². The van der Waals surface area contributed by atoms with E-state index in [9.17, 15) is 0 Å². The molecule has 5 heteroatoms. The van der Waals surface area contributed by atoms with Crippen molar-refractivity contribution in [3.05, 3.63) is 11.9 Å². The van der Waals surface area contributed by atoms with Crippen molar-refractivity contribution in [3.63, 3.8) is 0 Å². The molecule has 1 aliphatic rings. The van der Waals surface area contributed by atoms with Gasteiger partial charge in [-0.1, -0.05) is 19.3 Å². The monoisotopic (exact) mass is 250 g/mol. The summed E-state index contributed by atoms with van der Waals surface area (Å²) in [5.74, 6) is 1.95. The van der Waals surface area contributed by atoms with Crippen LogP contribution in [0.25, 0.3) is 0 Å². The summed E-state index contributed by atoms with van der Waals surface area (Å²) in [6.07, 6.45) is 6.84. The van der Waals surface area contributed by atoms with Crippen molar-refractivity contribution in [1.82, 2.24) is 9.97 Å². The lowest BCUT2D eigenvalue weighted by atomic mass is 9.98. The Morgan fingerprint density at radius 1 is 1.33 bits per heavy atom. The van der Waals surface area contributed by atoms with Crippen molar-refractivity contribution >= 4 is 11.6 Å². The van der Waals surface area contributed by atoms with Gasteiger partial charge in [0.1, 0.15) is 17.5 Å². The van der Waals surface area contributed by atoms with Crippen LogP contribution in [0.3, 0.4) is 0 Å². The zero-order chi connectivity index (χ0) is 12.8. The minimum absolute atomic E-state index is 0.456. The van der Waals surface area contributed by atoms with Gasteiger partial charge >= 0.3 is 0 Å².